The van der Waals surface area contributed by atoms with E-state index in [1.54, 1.807) is 62.4 Å². The van der Waals surface area contributed by atoms with Crippen LogP contribution in [0.25, 0.3) is 6.08 Å². The summed E-state index contributed by atoms with van der Waals surface area (Å²) in [6.07, 6.45) is 1.66. The molecular weight excluding hydrogens is 653 g/mol. The van der Waals surface area contributed by atoms with E-state index in [1.165, 1.54) is 12.1 Å². The van der Waals surface area contributed by atoms with Gasteiger partial charge in [-0.25, -0.2) is 14.2 Å². The second kappa shape index (κ2) is 12.8. The number of aryl methyl sites for hydroxylation is 1. The van der Waals surface area contributed by atoms with Gasteiger partial charge in [0.2, 0.25) is 0 Å². The molecule has 3 aromatic carbocycles. The number of carbonyl (C=O) groups is 2. The van der Waals surface area contributed by atoms with Crippen LogP contribution in [0, 0.1) is 12.7 Å². The Kier molecular flexibility index (Phi) is 9.42. The van der Waals surface area contributed by atoms with Crippen molar-refractivity contribution in [2.45, 2.75) is 20.5 Å². The summed E-state index contributed by atoms with van der Waals surface area (Å²) in [5, 5.41) is 11.0. The molecule has 0 fully saturated rings. The van der Waals surface area contributed by atoms with E-state index in [0.717, 1.165) is 17.3 Å². The van der Waals surface area contributed by atoms with Crippen molar-refractivity contribution in [1.82, 2.24) is 0 Å². The highest BCUT2D eigenvalue weighted by atomic mass is 79.9. The van der Waals surface area contributed by atoms with Crippen molar-refractivity contribution in [1.29, 1.82) is 0 Å². The third kappa shape index (κ3) is 6.87. The van der Waals surface area contributed by atoms with Gasteiger partial charge < -0.3 is 14.6 Å². The van der Waals surface area contributed by atoms with Gasteiger partial charge in [-0.2, -0.15) is 0 Å². The number of nitrogens with zero attached hydrogens (tertiary/aromatic N) is 1. The second-order valence-corrected chi connectivity index (χ2v) is 11.1. The molecule has 0 aromatic heterocycles. The number of hydrogen-bond acceptors (Lipinski definition) is 6. The highest BCUT2D eigenvalue weighted by molar-refractivity contribution is 9.11. The van der Waals surface area contributed by atoms with Crippen molar-refractivity contribution in [3.8, 4) is 5.75 Å². The number of thioether (sulfide) groups is 1. The average Bonchev–Trinajstić information content (AvgIpc) is 3.18. The van der Waals surface area contributed by atoms with Gasteiger partial charge in [0.25, 0.3) is 5.91 Å². The predicted molar refractivity (Wildman–Crippen MR) is 157 cm³/mol. The number of ether oxygens (including phenoxy) is 2. The van der Waals surface area contributed by atoms with Crippen molar-refractivity contribution >= 4 is 66.6 Å². The molecule has 4 rings (SSSR count). The number of amides is 1. The molecule has 0 spiro atoms. The number of halogens is 3. The zero-order valence-electron chi connectivity index (χ0n) is 20.8. The van der Waals surface area contributed by atoms with Gasteiger partial charge in [-0.3, -0.25) is 4.79 Å². The lowest BCUT2D eigenvalue weighted by molar-refractivity contribution is -0.138. The maximum Gasteiger partial charge on any atom is 0.344 e. The molecule has 0 unspecified atom stereocenters. The van der Waals surface area contributed by atoms with E-state index >= 15 is 0 Å². The first kappa shape index (κ1) is 28.8. The minimum atomic E-state index is -0.773. The van der Waals surface area contributed by atoms with Crippen LogP contribution in [0.1, 0.15) is 34.0 Å². The summed E-state index contributed by atoms with van der Waals surface area (Å²) >= 11 is 8.00. The molecule has 0 saturated heterocycles. The first-order valence-corrected chi connectivity index (χ1v) is 14.1. The summed E-state index contributed by atoms with van der Waals surface area (Å²) < 4.78 is 25.7. The summed E-state index contributed by atoms with van der Waals surface area (Å²) in [6.45, 7) is 3.69. The Balaban J connectivity index is 1.64. The van der Waals surface area contributed by atoms with Crippen LogP contribution < -0.4 is 4.74 Å². The molecule has 6 nitrogen and oxygen atoms in total. The van der Waals surface area contributed by atoms with Gasteiger partial charge >= 0.3 is 5.97 Å². The topological polar surface area (TPSA) is 85.2 Å². The van der Waals surface area contributed by atoms with Crippen molar-refractivity contribution in [2.24, 2.45) is 4.99 Å². The van der Waals surface area contributed by atoms with Crippen molar-refractivity contribution in [3.05, 3.63) is 114 Å². The lowest BCUT2D eigenvalue weighted by atomic mass is 10.1. The number of hydrogen-bond donors (Lipinski definition) is 1. The van der Waals surface area contributed by atoms with Crippen LogP contribution in [-0.4, -0.2) is 28.6 Å². The molecule has 0 bridgehead atoms. The number of aliphatic imine (C=N–C) groups is 1. The van der Waals surface area contributed by atoms with E-state index in [-0.39, 0.29) is 35.4 Å². The molecule has 1 aliphatic heterocycles. The Morgan fingerprint density at radius 1 is 1.08 bits per heavy atom. The minimum Gasteiger partial charge on any atom is -0.506 e. The van der Waals surface area contributed by atoms with Crippen LogP contribution in [0.3, 0.4) is 0 Å². The van der Waals surface area contributed by atoms with Crippen LogP contribution in [0.2, 0.25) is 0 Å². The van der Waals surface area contributed by atoms with Crippen molar-refractivity contribution < 1.29 is 28.6 Å². The normalized spacial score (nSPS) is 15.2. The fraction of sp³-hybridized carbons (Fsp3) is 0.138. The highest BCUT2D eigenvalue weighted by Gasteiger charge is 2.34. The molecule has 1 amide bonds. The van der Waals surface area contributed by atoms with Gasteiger partial charge in [-0.1, -0.05) is 42.1 Å². The van der Waals surface area contributed by atoms with E-state index in [9.17, 15) is 19.1 Å². The van der Waals surface area contributed by atoms with Crippen LogP contribution in [0.15, 0.2) is 90.8 Å². The average molecular weight is 675 g/mol. The first-order valence-electron chi connectivity index (χ1n) is 11.7. The maximum absolute atomic E-state index is 13.5. The number of esters is 1. The van der Waals surface area contributed by atoms with Crippen LogP contribution in [0.4, 0.5) is 4.39 Å². The van der Waals surface area contributed by atoms with Crippen LogP contribution in [0.5, 0.6) is 5.75 Å². The third-order valence-electron chi connectivity index (χ3n) is 5.54. The number of benzene rings is 3. The van der Waals surface area contributed by atoms with Gasteiger partial charge in [0, 0.05) is 5.56 Å². The Morgan fingerprint density at radius 2 is 1.79 bits per heavy atom. The second-order valence-electron chi connectivity index (χ2n) is 8.32. The molecule has 1 heterocycles. The van der Waals surface area contributed by atoms with Gasteiger partial charge in [0.05, 0.1) is 20.5 Å². The zero-order valence-corrected chi connectivity index (χ0v) is 24.8. The van der Waals surface area contributed by atoms with Crippen molar-refractivity contribution in [3.63, 3.8) is 0 Å². The Labute approximate surface area is 245 Å². The third-order valence-corrected chi connectivity index (χ3v) is 7.74. The molecule has 0 aliphatic carbocycles. The standard InChI is InChI=1S/C29H22Br2FNO5S/c1-3-37-29(36)24-25(34)23(39-28(24)33-27(35)20-10-5-4-7-16(20)2)14-18-12-21(30)26(22(31)13-18)38-15-17-8-6-9-19(32)11-17/h4-14,34H,3,15H2,1-2H3/b23-14-,33-28?. The van der Waals surface area contributed by atoms with Crippen LogP contribution in [-0.2, 0) is 16.1 Å². The molecule has 3 aromatic rings. The maximum atomic E-state index is 13.5. The number of rotatable bonds is 7. The molecular formula is C29H22Br2FNO5S. The number of aliphatic hydroxyl groups excluding tert-OH is 1. The number of carbonyl (C=O) groups excluding carboxylic acids is 2. The quantitative estimate of drug-likeness (QED) is 0.256. The predicted octanol–water partition coefficient (Wildman–Crippen LogP) is 7.94. The van der Waals surface area contributed by atoms with Crippen LogP contribution >= 0.6 is 43.6 Å². The van der Waals surface area contributed by atoms with E-state index in [0.29, 0.717) is 36.3 Å². The first-order chi connectivity index (χ1) is 18.7. The van der Waals surface area contributed by atoms with Gasteiger partial charge in [0.15, 0.2) is 0 Å². The Bertz CT molecular complexity index is 1530. The fourth-order valence-corrected chi connectivity index (χ4v) is 6.15. The largest absolute Gasteiger partial charge is 0.506 e. The van der Waals surface area contributed by atoms with Gasteiger partial charge in [0.1, 0.15) is 34.5 Å². The molecule has 200 valence electrons. The smallest absolute Gasteiger partial charge is 0.344 e. The Morgan fingerprint density at radius 3 is 2.46 bits per heavy atom. The molecule has 39 heavy (non-hydrogen) atoms. The lowest BCUT2D eigenvalue weighted by Crippen LogP contribution is -2.14. The molecule has 10 heteroatoms. The van der Waals surface area contributed by atoms with E-state index in [1.807, 2.05) is 6.07 Å². The van der Waals surface area contributed by atoms with Gasteiger partial charge in [-0.05, 0) is 98.8 Å². The lowest BCUT2D eigenvalue weighted by Gasteiger charge is -2.12. The van der Waals surface area contributed by atoms with E-state index in [4.69, 9.17) is 9.47 Å². The number of aliphatic hydroxyl groups is 1. The molecule has 0 saturated carbocycles. The molecule has 0 radical (unpaired) electrons. The van der Waals surface area contributed by atoms with E-state index < -0.39 is 11.9 Å². The minimum absolute atomic E-state index is 0.0543. The molecule has 1 N–H and O–H groups in total. The highest BCUT2D eigenvalue weighted by Crippen LogP contribution is 2.41. The monoisotopic (exact) mass is 673 g/mol. The van der Waals surface area contributed by atoms with E-state index in [2.05, 4.69) is 36.9 Å². The molecule has 0 atom stereocenters. The summed E-state index contributed by atoms with van der Waals surface area (Å²) in [6, 6.07) is 16.7. The summed E-state index contributed by atoms with van der Waals surface area (Å²) in [7, 11) is 0. The summed E-state index contributed by atoms with van der Waals surface area (Å²) in [5.74, 6) is -1.46. The summed E-state index contributed by atoms with van der Waals surface area (Å²) in [5.41, 5.74) is 2.31. The van der Waals surface area contributed by atoms with Gasteiger partial charge in [-0.15, -0.1) is 0 Å². The zero-order chi connectivity index (χ0) is 28.1. The fourth-order valence-electron chi connectivity index (χ4n) is 3.69. The SMILES string of the molecule is CCOC(=O)C1=C(O)/C(=C/c2cc(Br)c(OCc3cccc(F)c3)c(Br)c2)SC1=NC(=O)c1ccccc1C. The Hall–Kier alpha value is -3.21. The molecule has 1 aliphatic rings. The summed E-state index contributed by atoms with van der Waals surface area (Å²) in [4.78, 5) is 30.1. The van der Waals surface area contributed by atoms with Crippen molar-refractivity contribution in [2.75, 3.05) is 6.61 Å².